The smallest absolute Gasteiger partial charge is 0.335 e. The average Bonchev–Trinajstić information content (AvgIpc) is 2.81. The molecule has 4 rings (SSSR count). The van der Waals surface area contributed by atoms with Gasteiger partial charge >= 0.3 is 6.03 Å². The lowest BCUT2D eigenvalue weighted by Crippen LogP contribution is -2.54. The van der Waals surface area contributed by atoms with Crippen LogP contribution in [0.5, 0.6) is 5.75 Å². The number of ether oxygens (including phenoxy) is 1. The van der Waals surface area contributed by atoms with Gasteiger partial charge in [0.25, 0.3) is 17.5 Å². The second-order valence-corrected chi connectivity index (χ2v) is 8.72. The standard InChI is InChI=1S/C24H14Cl3N3O6/c25-15-4-1-3-13(7-15)12-36-21-19(26)9-14(10-20(21)27)8-18-22(31)28-24(33)29(23(18)32)16-5-2-6-17(11-16)30(34)35/h1-11H,12H2,(H,28,31,33)/b18-8+. The molecule has 0 unspecified atom stereocenters. The Kier molecular flexibility index (Phi) is 7.25. The Balaban J connectivity index is 1.62. The van der Waals surface area contributed by atoms with E-state index in [0.29, 0.717) is 9.92 Å². The largest absolute Gasteiger partial charge is 0.486 e. The number of imide groups is 2. The van der Waals surface area contributed by atoms with Gasteiger partial charge in [0.05, 0.1) is 20.7 Å². The van der Waals surface area contributed by atoms with Crippen molar-refractivity contribution in [3.63, 3.8) is 0 Å². The van der Waals surface area contributed by atoms with Gasteiger partial charge in [0.15, 0.2) is 5.75 Å². The van der Waals surface area contributed by atoms with Crippen LogP contribution in [-0.4, -0.2) is 22.8 Å². The van der Waals surface area contributed by atoms with Crippen LogP contribution >= 0.6 is 34.8 Å². The molecule has 0 aromatic heterocycles. The van der Waals surface area contributed by atoms with Gasteiger partial charge < -0.3 is 4.74 Å². The number of anilines is 1. The van der Waals surface area contributed by atoms with Gasteiger partial charge in [0.2, 0.25) is 0 Å². The molecule has 12 heteroatoms. The van der Waals surface area contributed by atoms with Crippen molar-refractivity contribution in [3.8, 4) is 5.75 Å². The minimum Gasteiger partial charge on any atom is -0.486 e. The Hall–Kier alpha value is -3.92. The van der Waals surface area contributed by atoms with Crippen molar-refractivity contribution in [1.82, 2.24) is 5.32 Å². The molecule has 1 heterocycles. The summed E-state index contributed by atoms with van der Waals surface area (Å²) in [6, 6.07) is 13.8. The first-order valence-electron chi connectivity index (χ1n) is 10.2. The highest BCUT2D eigenvalue weighted by atomic mass is 35.5. The first-order valence-corrected chi connectivity index (χ1v) is 11.3. The molecule has 3 aromatic carbocycles. The highest BCUT2D eigenvalue weighted by molar-refractivity contribution is 6.40. The molecular formula is C24H14Cl3N3O6. The number of amides is 4. The van der Waals surface area contributed by atoms with E-state index in [1.165, 1.54) is 36.4 Å². The quantitative estimate of drug-likeness (QED) is 0.181. The Morgan fingerprint density at radius 3 is 2.33 bits per heavy atom. The molecule has 0 bridgehead atoms. The molecule has 0 saturated carbocycles. The van der Waals surface area contributed by atoms with E-state index in [-0.39, 0.29) is 39.3 Å². The molecule has 9 nitrogen and oxygen atoms in total. The number of hydrogen-bond donors (Lipinski definition) is 1. The first kappa shape index (κ1) is 25.2. The topological polar surface area (TPSA) is 119 Å². The van der Waals surface area contributed by atoms with Crippen LogP contribution in [0.25, 0.3) is 6.08 Å². The number of nitrogens with one attached hydrogen (secondary N) is 1. The molecule has 36 heavy (non-hydrogen) atoms. The van der Waals surface area contributed by atoms with E-state index in [4.69, 9.17) is 39.5 Å². The van der Waals surface area contributed by atoms with Crippen LogP contribution in [0.2, 0.25) is 15.1 Å². The van der Waals surface area contributed by atoms with Crippen LogP contribution in [0.3, 0.4) is 0 Å². The van der Waals surface area contributed by atoms with E-state index in [2.05, 4.69) is 0 Å². The summed E-state index contributed by atoms with van der Waals surface area (Å²) in [6.07, 6.45) is 1.20. The van der Waals surface area contributed by atoms with Gasteiger partial charge in [-0.1, -0.05) is 53.0 Å². The molecule has 1 aliphatic heterocycles. The third-order valence-electron chi connectivity index (χ3n) is 5.00. The molecule has 4 amide bonds. The summed E-state index contributed by atoms with van der Waals surface area (Å²) in [4.78, 5) is 48.9. The molecule has 182 valence electrons. The lowest BCUT2D eigenvalue weighted by atomic mass is 10.1. The van der Waals surface area contributed by atoms with Crippen molar-refractivity contribution < 1.29 is 24.0 Å². The Morgan fingerprint density at radius 2 is 1.67 bits per heavy atom. The molecule has 3 aromatic rings. The van der Waals surface area contributed by atoms with Gasteiger partial charge in [-0.25, -0.2) is 9.69 Å². The summed E-state index contributed by atoms with van der Waals surface area (Å²) in [5.41, 5.74) is 0.261. The maximum atomic E-state index is 13.1. The zero-order valence-electron chi connectivity index (χ0n) is 18.0. The molecule has 0 spiro atoms. The number of carbonyl (C=O) groups is 3. The van der Waals surface area contributed by atoms with Crippen LogP contribution in [-0.2, 0) is 16.2 Å². The molecule has 0 atom stereocenters. The number of rotatable bonds is 6. The van der Waals surface area contributed by atoms with E-state index in [1.54, 1.807) is 18.2 Å². The van der Waals surface area contributed by atoms with Crippen molar-refractivity contribution in [3.05, 3.63) is 103 Å². The van der Waals surface area contributed by atoms with Gasteiger partial charge in [-0.15, -0.1) is 0 Å². The summed E-state index contributed by atoms with van der Waals surface area (Å²) < 4.78 is 5.72. The zero-order chi connectivity index (χ0) is 26.0. The number of nitro benzene ring substituents is 1. The predicted octanol–water partition coefficient (Wildman–Crippen LogP) is 5.80. The third kappa shape index (κ3) is 5.33. The van der Waals surface area contributed by atoms with E-state index in [1.807, 2.05) is 11.4 Å². The van der Waals surface area contributed by atoms with Crippen LogP contribution in [0.4, 0.5) is 16.2 Å². The van der Waals surface area contributed by atoms with Crippen LogP contribution < -0.4 is 15.0 Å². The number of urea groups is 1. The van der Waals surface area contributed by atoms with E-state index < -0.39 is 28.3 Å². The van der Waals surface area contributed by atoms with E-state index >= 15 is 0 Å². The number of benzene rings is 3. The highest BCUT2D eigenvalue weighted by Crippen LogP contribution is 2.36. The van der Waals surface area contributed by atoms with E-state index in [0.717, 1.165) is 11.6 Å². The fraction of sp³-hybridized carbons (Fsp3) is 0.0417. The Bertz CT molecular complexity index is 1430. The maximum absolute atomic E-state index is 13.1. The number of carbonyl (C=O) groups excluding carboxylic acids is 3. The fourth-order valence-corrected chi connectivity index (χ4v) is 4.21. The number of barbiturate groups is 1. The second-order valence-electron chi connectivity index (χ2n) is 7.47. The monoisotopic (exact) mass is 545 g/mol. The average molecular weight is 547 g/mol. The number of hydrogen-bond acceptors (Lipinski definition) is 6. The molecule has 1 fully saturated rings. The van der Waals surface area contributed by atoms with Crippen LogP contribution in [0, 0.1) is 10.1 Å². The third-order valence-corrected chi connectivity index (χ3v) is 5.80. The van der Waals surface area contributed by atoms with Crippen molar-refractivity contribution in [2.24, 2.45) is 0 Å². The Labute approximate surface area is 219 Å². The maximum Gasteiger partial charge on any atom is 0.335 e. The van der Waals surface area contributed by atoms with Gasteiger partial charge in [-0.3, -0.25) is 25.0 Å². The summed E-state index contributed by atoms with van der Waals surface area (Å²) in [5.74, 6) is -1.73. The molecule has 0 radical (unpaired) electrons. The summed E-state index contributed by atoms with van der Waals surface area (Å²) in [7, 11) is 0. The van der Waals surface area contributed by atoms with Gasteiger partial charge in [0.1, 0.15) is 12.2 Å². The van der Waals surface area contributed by atoms with Crippen LogP contribution in [0.15, 0.2) is 66.2 Å². The predicted molar refractivity (Wildman–Crippen MR) is 134 cm³/mol. The molecule has 1 saturated heterocycles. The molecular weight excluding hydrogens is 533 g/mol. The molecule has 0 aliphatic carbocycles. The summed E-state index contributed by atoms with van der Waals surface area (Å²) in [6.45, 7) is 0.140. The van der Waals surface area contributed by atoms with Crippen molar-refractivity contribution in [2.75, 3.05) is 4.90 Å². The SMILES string of the molecule is O=C1NC(=O)N(c2cccc([N+](=O)[O-])c2)C(=O)/C1=C/c1cc(Cl)c(OCc2cccc(Cl)c2)c(Cl)c1. The lowest BCUT2D eigenvalue weighted by molar-refractivity contribution is -0.384. The number of nitro groups is 1. The van der Waals surface area contributed by atoms with Crippen molar-refractivity contribution in [1.29, 1.82) is 0 Å². The van der Waals surface area contributed by atoms with Gasteiger partial charge in [-0.05, 0) is 47.5 Å². The summed E-state index contributed by atoms with van der Waals surface area (Å²) in [5, 5.41) is 13.9. The molecule has 1 N–H and O–H groups in total. The number of non-ortho nitro benzene ring substituents is 1. The minimum atomic E-state index is -1.04. The summed E-state index contributed by atoms with van der Waals surface area (Å²) >= 11 is 18.7. The number of nitrogens with zero attached hydrogens (tertiary/aromatic N) is 2. The first-order chi connectivity index (χ1) is 17.1. The number of halogens is 3. The fourth-order valence-electron chi connectivity index (χ4n) is 3.39. The van der Waals surface area contributed by atoms with Gasteiger partial charge in [-0.2, -0.15) is 0 Å². The van der Waals surface area contributed by atoms with Crippen molar-refractivity contribution in [2.45, 2.75) is 6.61 Å². The highest BCUT2D eigenvalue weighted by Gasteiger charge is 2.37. The second kappa shape index (κ2) is 10.4. The zero-order valence-corrected chi connectivity index (χ0v) is 20.3. The lowest BCUT2D eigenvalue weighted by Gasteiger charge is -2.26. The van der Waals surface area contributed by atoms with E-state index in [9.17, 15) is 24.5 Å². The van der Waals surface area contributed by atoms with Gasteiger partial charge in [0, 0.05) is 17.2 Å². The normalized spacial score (nSPS) is 14.7. The van der Waals surface area contributed by atoms with Crippen LogP contribution in [0.1, 0.15) is 11.1 Å². The Morgan fingerprint density at radius 1 is 0.972 bits per heavy atom. The van der Waals surface area contributed by atoms with Crippen molar-refractivity contribution >= 4 is 70.1 Å². The molecule has 1 aliphatic rings. The minimum absolute atomic E-state index is 0.0778.